The molecule has 2 saturated carbocycles. The molecule has 0 saturated heterocycles. The predicted octanol–water partition coefficient (Wildman–Crippen LogP) is 14.0. The SMILES string of the molecule is C#C[Si](C)(C)C.CCCCc1ccc(C#Cc2ccc(C#C[Si](C)(C)C)cc2C2CC2)cc1.CCCCc1ccc(C#Cc2ccc(Cl)cc2C2CC2)cc1. The summed E-state index contributed by atoms with van der Waals surface area (Å²) in [5, 5.41) is 0.813. The van der Waals surface area contributed by atoms with E-state index in [1.54, 1.807) is 0 Å². The molecule has 0 amide bonds. The molecule has 2 fully saturated rings. The summed E-state index contributed by atoms with van der Waals surface area (Å²) in [6.07, 6.45) is 17.5. The topological polar surface area (TPSA) is 0 Å². The van der Waals surface area contributed by atoms with Crippen molar-refractivity contribution in [2.24, 2.45) is 0 Å². The molecular weight excluding hydrogens is 716 g/mol. The van der Waals surface area contributed by atoms with Crippen LogP contribution in [0.1, 0.15) is 127 Å². The van der Waals surface area contributed by atoms with Crippen molar-refractivity contribution in [2.45, 2.75) is 129 Å². The molecule has 6 rings (SSSR count). The lowest BCUT2D eigenvalue weighted by Gasteiger charge is -2.06. The van der Waals surface area contributed by atoms with E-state index in [1.165, 1.54) is 79.2 Å². The lowest BCUT2D eigenvalue weighted by Crippen LogP contribution is -2.16. The zero-order valence-electron chi connectivity index (χ0n) is 34.8. The lowest BCUT2D eigenvalue weighted by molar-refractivity contribution is 0.795. The number of halogens is 1. The molecular formula is C52H61ClSi2. The fraction of sp³-hybridized carbons (Fsp3) is 0.385. The van der Waals surface area contributed by atoms with Crippen LogP contribution in [0.2, 0.25) is 44.3 Å². The monoisotopic (exact) mass is 776 g/mol. The number of terminal acetylenes is 1. The third kappa shape index (κ3) is 16.6. The van der Waals surface area contributed by atoms with Gasteiger partial charge in [0.1, 0.15) is 16.1 Å². The summed E-state index contributed by atoms with van der Waals surface area (Å²) in [7, 11) is -2.45. The molecule has 0 nitrogen and oxygen atoms in total. The van der Waals surface area contributed by atoms with Crippen LogP contribution in [0.5, 0.6) is 0 Å². The first kappa shape index (κ1) is 43.6. The van der Waals surface area contributed by atoms with E-state index in [0.717, 1.165) is 40.1 Å². The van der Waals surface area contributed by atoms with Gasteiger partial charge in [-0.1, -0.05) is 131 Å². The van der Waals surface area contributed by atoms with Crippen molar-refractivity contribution in [1.82, 2.24) is 0 Å². The maximum atomic E-state index is 6.12. The summed E-state index contributed by atoms with van der Waals surface area (Å²) in [4.78, 5) is 0. The van der Waals surface area contributed by atoms with Crippen LogP contribution in [-0.4, -0.2) is 16.1 Å². The van der Waals surface area contributed by atoms with Crippen LogP contribution < -0.4 is 0 Å². The molecule has 0 N–H and O–H groups in total. The van der Waals surface area contributed by atoms with Crippen LogP contribution in [0, 0.1) is 47.1 Å². The fourth-order valence-corrected chi connectivity index (χ4v) is 6.38. The number of hydrogen-bond acceptors (Lipinski definition) is 0. The number of rotatable bonds is 8. The maximum Gasteiger partial charge on any atom is 0.129 e. The van der Waals surface area contributed by atoms with Gasteiger partial charge in [0.05, 0.1) is 0 Å². The fourth-order valence-electron chi connectivity index (χ4n) is 5.68. The van der Waals surface area contributed by atoms with E-state index in [1.807, 2.05) is 6.07 Å². The van der Waals surface area contributed by atoms with Crippen molar-refractivity contribution in [3.05, 3.63) is 140 Å². The smallest absolute Gasteiger partial charge is 0.129 e. The quantitative estimate of drug-likeness (QED) is 0.123. The summed E-state index contributed by atoms with van der Waals surface area (Å²) in [5.41, 5.74) is 17.4. The van der Waals surface area contributed by atoms with E-state index in [2.05, 4.69) is 173 Å². The molecule has 4 aromatic carbocycles. The first-order chi connectivity index (χ1) is 26.3. The van der Waals surface area contributed by atoms with E-state index < -0.39 is 16.1 Å². The highest BCUT2D eigenvalue weighted by atomic mass is 35.5. The Balaban J connectivity index is 0.000000216. The van der Waals surface area contributed by atoms with Gasteiger partial charge in [-0.3, -0.25) is 0 Å². The molecule has 55 heavy (non-hydrogen) atoms. The minimum absolute atomic E-state index is 0.666. The second-order valence-corrected chi connectivity index (χ2v) is 27.1. The van der Waals surface area contributed by atoms with E-state index in [-0.39, 0.29) is 0 Å². The van der Waals surface area contributed by atoms with Crippen molar-refractivity contribution < 1.29 is 0 Å². The van der Waals surface area contributed by atoms with Gasteiger partial charge in [-0.05, 0) is 146 Å². The highest BCUT2D eigenvalue weighted by molar-refractivity contribution is 6.84. The highest BCUT2D eigenvalue weighted by Crippen LogP contribution is 2.43. The average Bonchev–Trinajstić information content (AvgIpc) is 4.10. The van der Waals surface area contributed by atoms with Crippen molar-refractivity contribution >= 4 is 27.7 Å². The van der Waals surface area contributed by atoms with Crippen molar-refractivity contribution in [3.8, 4) is 47.1 Å². The number of aryl methyl sites for hydroxylation is 2. The van der Waals surface area contributed by atoms with Crippen LogP contribution in [0.4, 0.5) is 0 Å². The summed E-state index contributed by atoms with van der Waals surface area (Å²) >= 11 is 6.12. The third-order valence-electron chi connectivity index (χ3n) is 9.34. The Morgan fingerprint density at radius 3 is 1.36 bits per heavy atom. The molecule has 2 aliphatic rings. The summed E-state index contributed by atoms with van der Waals surface area (Å²) in [6, 6.07) is 30.1. The largest absolute Gasteiger partial charge is 0.135 e. The van der Waals surface area contributed by atoms with Gasteiger partial charge in [0.2, 0.25) is 0 Å². The molecule has 0 bridgehead atoms. The maximum absolute atomic E-state index is 6.12. The molecule has 3 heteroatoms. The first-order valence-corrected chi connectivity index (χ1v) is 27.8. The summed E-state index contributed by atoms with van der Waals surface area (Å²) in [6.45, 7) is 17.8. The molecule has 0 atom stereocenters. The Hall–Kier alpha value is -4.16. The Kier molecular flexibility index (Phi) is 16.8. The van der Waals surface area contributed by atoms with E-state index in [9.17, 15) is 0 Å². The molecule has 0 spiro atoms. The van der Waals surface area contributed by atoms with Gasteiger partial charge in [0, 0.05) is 32.8 Å². The Morgan fingerprint density at radius 2 is 0.964 bits per heavy atom. The van der Waals surface area contributed by atoms with Gasteiger partial charge in [0.15, 0.2) is 0 Å². The molecule has 0 unspecified atom stereocenters. The Labute approximate surface area is 342 Å². The Morgan fingerprint density at radius 1 is 0.545 bits per heavy atom. The van der Waals surface area contributed by atoms with Crippen LogP contribution in [0.15, 0.2) is 84.9 Å². The van der Waals surface area contributed by atoms with Gasteiger partial charge < -0.3 is 0 Å². The van der Waals surface area contributed by atoms with E-state index in [4.69, 9.17) is 18.0 Å². The minimum atomic E-state index is -1.34. The molecule has 0 heterocycles. The van der Waals surface area contributed by atoms with Crippen molar-refractivity contribution in [1.29, 1.82) is 0 Å². The zero-order chi connectivity index (χ0) is 39.8. The Bertz CT molecular complexity index is 2080. The number of hydrogen-bond donors (Lipinski definition) is 0. The molecule has 284 valence electrons. The second kappa shape index (κ2) is 21.2. The molecule has 0 aliphatic heterocycles. The van der Waals surface area contributed by atoms with Crippen LogP contribution in [0.25, 0.3) is 0 Å². The van der Waals surface area contributed by atoms with Gasteiger partial charge in [-0.25, -0.2) is 0 Å². The van der Waals surface area contributed by atoms with E-state index in [0.29, 0.717) is 11.8 Å². The molecule has 0 radical (unpaired) electrons. The van der Waals surface area contributed by atoms with Gasteiger partial charge in [-0.15, -0.1) is 17.5 Å². The second-order valence-electron chi connectivity index (χ2n) is 17.1. The van der Waals surface area contributed by atoms with Gasteiger partial charge >= 0.3 is 0 Å². The molecule has 0 aromatic heterocycles. The van der Waals surface area contributed by atoms with Crippen LogP contribution in [0.3, 0.4) is 0 Å². The van der Waals surface area contributed by atoms with Gasteiger partial charge in [-0.2, -0.15) is 0 Å². The average molecular weight is 778 g/mol. The molecule has 2 aliphatic carbocycles. The normalized spacial score (nSPS) is 13.1. The van der Waals surface area contributed by atoms with E-state index >= 15 is 0 Å². The van der Waals surface area contributed by atoms with Crippen LogP contribution in [-0.2, 0) is 12.8 Å². The lowest BCUT2D eigenvalue weighted by atomic mass is 10.00. The molecule has 4 aromatic rings. The van der Waals surface area contributed by atoms with Crippen LogP contribution >= 0.6 is 11.6 Å². The zero-order valence-corrected chi connectivity index (χ0v) is 37.5. The van der Waals surface area contributed by atoms with Gasteiger partial charge in [0.25, 0.3) is 0 Å². The minimum Gasteiger partial charge on any atom is -0.135 e. The van der Waals surface area contributed by atoms with Crippen molar-refractivity contribution in [3.63, 3.8) is 0 Å². The summed E-state index contributed by atoms with van der Waals surface area (Å²) < 4.78 is 0. The first-order valence-electron chi connectivity index (χ1n) is 20.4. The third-order valence-corrected chi connectivity index (χ3v) is 11.3. The highest BCUT2D eigenvalue weighted by Gasteiger charge is 2.26. The standard InChI is InChI=1S/C26H30Si.C21H21Cl.C5H10Si/c1-5-6-7-21-8-10-22(11-9-21)12-14-24-15-13-23(18-19-27(2,3)4)20-26(24)25-16-17-25;1-2-3-4-16-5-7-17(8-6-16)9-10-18-13-14-20(22)15-21(18)19-11-12-19;1-5-6(2,3)4/h8-11,13,15,20,25H,5-7,16-17H2,1-4H3;5-8,13-15,19H,2-4,11-12H2,1H3;1H,2-4H3. The summed E-state index contributed by atoms with van der Waals surface area (Å²) in [5.74, 6) is 18.2. The number of unbranched alkanes of at least 4 members (excludes halogenated alkanes) is 2. The predicted molar refractivity (Wildman–Crippen MR) is 246 cm³/mol. The number of benzene rings is 4. The van der Waals surface area contributed by atoms with Crippen molar-refractivity contribution in [2.75, 3.05) is 0 Å².